The van der Waals surface area contributed by atoms with E-state index in [9.17, 15) is 10.1 Å². The summed E-state index contributed by atoms with van der Waals surface area (Å²) in [6.45, 7) is 7.94. The summed E-state index contributed by atoms with van der Waals surface area (Å²) in [5.74, 6) is -0.848. The molecule has 3 N–H and O–H groups in total. The Morgan fingerprint density at radius 3 is 2.22 bits per heavy atom. The Kier molecular flexibility index (Phi) is 7.41. The van der Waals surface area contributed by atoms with Gasteiger partial charge >= 0.3 is 0 Å². The van der Waals surface area contributed by atoms with Crippen LogP contribution in [-0.2, 0) is 15.1 Å². The van der Waals surface area contributed by atoms with E-state index in [-0.39, 0.29) is 11.9 Å². The van der Waals surface area contributed by atoms with Gasteiger partial charge < -0.3 is 10.8 Å². The minimum Gasteiger partial charge on any atom is -0.481 e. The number of likely N-dealkylation sites (N-methyl/N-ethyl adjacent to an activating group) is 1. The van der Waals surface area contributed by atoms with Gasteiger partial charge in [0.05, 0.1) is 13.6 Å². The first-order valence-corrected chi connectivity index (χ1v) is 14.8. The summed E-state index contributed by atoms with van der Waals surface area (Å²) in [6.07, 6.45) is 3.23. The number of pyridine rings is 1. The fourth-order valence-corrected chi connectivity index (χ4v) is 5.14. The summed E-state index contributed by atoms with van der Waals surface area (Å²) >= 11 is 0. The predicted molar refractivity (Wildman–Crippen MR) is 142 cm³/mol. The molecule has 1 aliphatic heterocycles. The number of nitrogens with two attached hydrogens (primary N) is 1. The van der Waals surface area contributed by atoms with Crippen LogP contribution >= 0.6 is 0 Å². The van der Waals surface area contributed by atoms with E-state index >= 15 is 0 Å². The number of carboxylic acid groups (broad SMARTS) is 1. The summed E-state index contributed by atoms with van der Waals surface area (Å²) in [6, 6.07) is 19.7. The molecule has 36 heavy (non-hydrogen) atoms. The molecule has 1 atom stereocenters. The number of rotatable bonds is 4. The van der Waals surface area contributed by atoms with Gasteiger partial charge in [-0.25, -0.2) is 4.99 Å². The SMILES string of the molecule is CC(=O)O.CN1C(=O)C(c2ccc([Si](C)(C)C)cc2)(c2cccc(-c3cncc(C#N)c3)c2)N=C1N. The molecule has 0 radical (unpaired) electrons. The summed E-state index contributed by atoms with van der Waals surface area (Å²) in [7, 11) is 0.148. The van der Waals surface area contributed by atoms with Crippen LogP contribution < -0.4 is 10.9 Å². The third-order valence-electron chi connectivity index (χ3n) is 5.89. The zero-order valence-electron chi connectivity index (χ0n) is 21.0. The molecule has 1 amide bonds. The monoisotopic (exact) mass is 499 g/mol. The largest absolute Gasteiger partial charge is 0.481 e. The van der Waals surface area contributed by atoms with Gasteiger partial charge in [0, 0.05) is 31.9 Å². The lowest BCUT2D eigenvalue weighted by Crippen LogP contribution is -2.42. The minimum atomic E-state index is -1.49. The van der Waals surface area contributed by atoms with Gasteiger partial charge in [0.15, 0.2) is 11.5 Å². The van der Waals surface area contributed by atoms with Gasteiger partial charge in [0.1, 0.15) is 6.07 Å². The Labute approximate surface area is 211 Å². The number of aliphatic imine (C=N–C) groups is 1. The fourth-order valence-electron chi connectivity index (χ4n) is 3.98. The van der Waals surface area contributed by atoms with Crippen LogP contribution in [-0.4, -0.2) is 47.9 Å². The summed E-state index contributed by atoms with van der Waals surface area (Å²) in [5.41, 5.74) is 8.48. The molecule has 9 heteroatoms. The number of carbonyl (C=O) groups is 2. The third-order valence-corrected chi connectivity index (χ3v) is 7.96. The van der Waals surface area contributed by atoms with Crippen molar-refractivity contribution in [2.24, 2.45) is 10.7 Å². The van der Waals surface area contributed by atoms with E-state index in [2.05, 4.69) is 42.8 Å². The summed E-state index contributed by atoms with van der Waals surface area (Å²) in [5, 5.41) is 18.0. The smallest absolute Gasteiger partial charge is 0.300 e. The molecule has 8 nitrogen and oxygen atoms in total. The second-order valence-corrected chi connectivity index (χ2v) is 14.6. The van der Waals surface area contributed by atoms with E-state index in [1.54, 1.807) is 19.3 Å². The van der Waals surface area contributed by atoms with Crippen molar-refractivity contribution in [3.8, 4) is 17.2 Å². The standard InChI is InChI=1S/C25H25N5OSi.C2H4O2/c1-30-23(31)25(29-24(30)27,20-8-10-22(11-9-20)32(2,3)4)21-7-5-6-18(13-21)19-12-17(14-26)15-28-16-19;1-2(3)4/h5-13,15-16H,1-4H3,(H2,27,29);1H3,(H,3,4). The first-order valence-electron chi connectivity index (χ1n) is 11.3. The van der Waals surface area contributed by atoms with Crippen molar-refractivity contribution in [2.45, 2.75) is 32.1 Å². The highest BCUT2D eigenvalue weighted by Crippen LogP contribution is 2.40. The highest BCUT2D eigenvalue weighted by molar-refractivity contribution is 6.88. The molecule has 0 fully saturated rings. The van der Waals surface area contributed by atoms with Crippen LogP contribution in [0.5, 0.6) is 0 Å². The topological polar surface area (TPSA) is 133 Å². The molecule has 1 aliphatic rings. The van der Waals surface area contributed by atoms with Crippen molar-refractivity contribution < 1.29 is 14.7 Å². The van der Waals surface area contributed by atoms with Gasteiger partial charge in [0.25, 0.3) is 11.9 Å². The Morgan fingerprint density at radius 1 is 1.06 bits per heavy atom. The zero-order chi connectivity index (χ0) is 26.7. The predicted octanol–water partition coefficient (Wildman–Crippen LogP) is 3.29. The average Bonchev–Trinajstić information content (AvgIpc) is 3.08. The van der Waals surface area contributed by atoms with Crippen LogP contribution in [0.15, 0.2) is 72.0 Å². The van der Waals surface area contributed by atoms with Crippen molar-refractivity contribution in [3.05, 3.63) is 83.7 Å². The average molecular weight is 500 g/mol. The van der Waals surface area contributed by atoms with Gasteiger partial charge in [-0.15, -0.1) is 0 Å². The molecule has 184 valence electrons. The second kappa shape index (κ2) is 10.1. The first-order chi connectivity index (χ1) is 16.9. The van der Waals surface area contributed by atoms with Crippen molar-refractivity contribution in [1.29, 1.82) is 5.26 Å². The van der Waals surface area contributed by atoms with Gasteiger partial charge in [-0.3, -0.25) is 19.5 Å². The zero-order valence-corrected chi connectivity index (χ0v) is 22.0. The number of carbonyl (C=O) groups excluding carboxylic acids is 1. The van der Waals surface area contributed by atoms with Crippen LogP contribution in [0.2, 0.25) is 19.6 Å². The number of hydrogen-bond donors (Lipinski definition) is 2. The minimum absolute atomic E-state index is 0.183. The first kappa shape index (κ1) is 26.3. The highest BCUT2D eigenvalue weighted by Gasteiger charge is 2.49. The molecule has 4 rings (SSSR count). The molecule has 0 aliphatic carbocycles. The Hall–Kier alpha value is -4.29. The number of nitriles is 1. The van der Waals surface area contributed by atoms with Gasteiger partial charge in [0.2, 0.25) is 0 Å². The van der Waals surface area contributed by atoms with Crippen molar-refractivity contribution in [3.63, 3.8) is 0 Å². The van der Waals surface area contributed by atoms with Crippen LogP contribution in [0.25, 0.3) is 11.1 Å². The molecular formula is C27H29N5O3Si. The van der Waals surface area contributed by atoms with E-state index in [1.165, 1.54) is 16.3 Å². The highest BCUT2D eigenvalue weighted by atomic mass is 28.3. The van der Waals surface area contributed by atoms with Crippen molar-refractivity contribution >= 4 is 31.1 Å². The lowest BCUT2D eigenvalue weighted by molar-refractivity contribution is -0.134. The molecule has 0 bridgehead atoms. The van der Waals surface area contributed by atoms with E-state index in [1.807, 2.05) is 36.4 Å². The lowest BCUT2D eigenvalue weighted by Gasteiger charge is -2.27. The number of benzene rings is 2. The number of hydrogen-bond acceptors (Lipinski definition) is 6. The maximum atomic E-state index is 13.6. The third kappa shape index (κ3) is 5.19. The molecule has 2 heterocycles. The number of nitrogens with zero attached hydrogens (tertiary/aromatic N) is 4. The van der Waals surface area contributed by atoms with Gasteiger partial charge in [-0.1, -0.05) is 67.3 Å². The Balaban J connectivity index is 0.000000840. The number of guanidine groups is 1. The molecule has 2 aromatic carbocycles. The maximum Gasteiger partial charge on any atom is 0.300 e. The van der Waals surface area contributed by atoms with Crippen molar-refractivity contribution in [1.82, 2.24) is 9.88 Å². The Morgan fingerprint density at radius 2 is 1.69 bits per heavy atom. The molecule has 1 aromatic heterocycles. The lowest BCUT2D eigenvalue weighted by atomic mass is 9.82. The summed E-state index contributed by atoms with van der Waals surface area (Å²) in [4.78, 5) is 32.8. The van der Waals surface area contributed by atoms with E-state index in [0.29, 0.717) is 5.56 Å². The van der Waals surface area contributed by atoms with Crippen LogP contribution in [0, 0.1) is 11.3 Å². The summed E-state index contributed by atoms with van der Waals surface area (Å²) < 4.78 is 0. The van der Waals surface area contributed by atoms with Crippen LogP contribution in [0.3, 0.4) is 0 Å². The molecule has 0 saturated carbocycles. The second-order valence-electron chi connectivity index (χ2n) is 9.55. The van der Waals surface area contributed by atoms with E-state index in [4.69, 9.17) is 20.6 Å². The quantitative estimate of drug-likeness (QED) is 0.529. The number of aromatic nitrogens is 1. The molecular weight excluding hydrogens is 470 g/mol. The number of carboxylic acids is 1. The van der Waals surface area contributed by atoms with E-state index in [0.717, 1.165) is 29.2 Å². The normalized spacial score (nSPS) is 17.1. The fraction of sp³-hybridized carbons (Fsp3) is 0.222. The van der Waals surface area contributed by atoms with Gasteiger partial charge in [-0.05, 0) is 28.8 Å². The Bertz CT molecular complexity index is 1370. The molecule has 0 spiro atoms. The van der Waals surface area contributed by atoms with Crippen LogP contribution in [0.4, 0.5) is 0 Å². The molecule has 0 saturated heterocycles. The maximum absolute atomic E-state index is 13.6. The number of amides is 1. The van der Waals surface area contributed by atoms with Crippen LogP contribution in [0.1, 0.15) is 23.6 Å². The number of aliphatic carboxylic acids is 1. The molecule has 3 aromatic rings. The molecule has 1 unspecified atom stereocenters. The van der Waals surface area contributed by atoms with E-state index < -0.39 is 19.6 Å². The van der Waals surface area contributed by atoms with Gasteiger partial charge in [-0.2, -0.15) is 5.26 Å². The van der Waals surface area contributed by atoms with Crippen molar-refractivity contribution in [2.75, 3.05) is 7.05 Å².